The molecule has 0 amide bonds. The van der Waals surface area contributed by atoms with E-state index >= 15 is 0 Å². The highest BCUT2D eigenvalue weighted by molar-refractivity contribution is 4.82. The Morgan fingerprint density at radius 1 is 1.57 bits per heavy atom. The SMILES string of the molecule is CC(C)NCC(C)(O)CC1CCCO1. The topological polar surface area (TPSA) is 41.5 Å². The molecule has 1 aliphatic rings. The van der Waals surface area contributed by atoms with Gasteiger partial charge in [0, 0.05) is 25.6 Å². The summed E-state index contributed by atoms with van der Waals surface area (Å²) in [6.07, 6.45) is 3.24. The van der Waals surface area contributed by atoms with Crippen molar-refractivity contribution in [3.63, 3.8) is 0 Å². The molecule has 0 saturated carbocycles. The van der Waals surface area contributed by atoms with Gasteiger partial charge in [-0.3, -0.25) is 0 Å². The molecule has 14 heavy (non-hydrogen) atoms. The molecule has 0 bridgehead atoms. The van der Waals surface area contributed by atoms with Gasteiger partial charge < -0.3 is 15.2 Å². The minimum Gasteiger partial charge on any atom is -0.389 e. The highest BCUT2D eigenvalue weighted by atomic mass is 16.5. The second-order valence-electron chi connectivity index (χ2n) is 4.87. The van der Waals surface area contributed by atoms with Crippen molar-refractivity contribution in [2.75, 3.05) is 13.2 Å². The summed E-state index contributed by atoms with van der Waals surface area (Å²) < 4.78 is 5.51. The summed E-state index contributed by atoms with van der Waals surface area (Å²) in [6.45, 7) is 7.55. The molecule has 1 heterocycles. The van der Waals surface area contributed by atoms with E-state index in [4.69, 9.17) is 4.74 Å². The quantitative estimate of drug-likeness (QED) is 0.704. The maximum atomic E-state index is 10.1. The molecule has 1 saturated heterocycles. The zero-order chi connectivity index (χ0) is 10.6. The minimum absolute atomic E-state index is 0.263. The van der Waals surface area contributed by atoms with E-state index in [9.17, 15) is 5.11 Å². The Morgan fingerprint density at radius 3 is 2.79 bits per heavy atom. The minimum atomic E-state index is -0.640. The summed E-state index contributed by atoms with van der Waals surface area (Å²) in [5, 5.41) is 13.3. The van der Waals surface area contributed by atoms with Crippen LogP contribution in [0, 0.1) is 0 Å². The van der Waals surface area contributed by atoms with Gasteiger partial charge in [0.1, 0.15) is 0 Å². The number of nitrogens with one attached hydrogen (secondary N) is 1. The van der Waals surface area contributed by atoms with Crippen LogP contribution in [0.15, 0.2) is 0 Å². The van der Waals surface area contributed by atoms with Crippen LogP contribution in [0.4, 0.5) is 0 Å². The number of aliphatic hydroxyl groups is 1. The Kier molecular flexibility index (Phi) is 4.35. The lowest BCUT2D eigenvalue weighted by molar-refractivity contribution is -0.00691. The number of rotatable bonds is 5. The van der Waals surface area contributed by atoms with Crippen molar-refractivity contribution in [3.05, 3.63) is 0 Å². The first-order chi connectivity index (χ1) is 6.49. The van der Waals surface area contributed by atoms with E-state index in [1.807, 2.05) is 6.92 Å². The zero-order valence-corrected chi connectivity index (χ0v) is 9.55. The van der Waals surface area contributed by atoms with E-state index in [-0.39, 0.29) is 6.10 Å². The van der Waals surface area contributed by atoms with Crippen LogP contribution in [0.3, 0.4) is 0 Å². The van der Waals surface area contributed by atoms with Crippen LogP contribution in [0.5, 0.6) is 0 Å². The smallest absolute Gasteiger partial charge is 0.0768 e. The molecule has 1 aliphatic heterocycles. The molecular weight excluding hydrogens is 178 g/mol. The third-order valence-electron chi connectivity index (χ3n) is 2.58. The summed E-state index contributed by atoms with van der Waals surface area (Å²) in [5.74, 6) is 0. The van der Waals surface area contributed by atoms with E-state index in [1.54, 1.807) is 0 Å². The number of ether oxygens (including phenoxy) is 1. The fourth-order valence-corrected chi connectivity index (χ4v) is 1.79. The van der Waals surface area contributed by atoms with E-state index in [1.165, 1.54) is 0 Å². The lowest BCUT2D eigenvalue weighted by atomic mass is 9.96. The average molecular weight is 201 g/mol. The van der Waals surface area contributed by atoms with E-state index in [2.05, 4.69) is 19.2 Å². The lowest BCUT2D eigenvalue weighted by Gasteiger charge is -2.27. The Balaban J connectivity index is 2.25. The second-order valence-corrected chi connectivity index (χ2v) is 4.87. The molecule has 0 aromatic rings. The molecule has 2 atom stereocenters. The highest BCUT2D eigenvalue weighted by Gasteiger charge is 2.27. The molecule has 2 N–H and O–H groups in total. The van der Waals surface area contributed by atoms with Crippen LogP contribution in [-0.2, 0) is 4.74 Å². The van der Waals surface area contributed by atoms with Gasteiger partial charge in [-0.2, -0.15) is 0 Å². The molecule has 0 aromatic heterocycles. The fourth-order valence-electron chi connectivity index (χ4n) is 1.79. The standard InChI is InChI=1S/C11H23NO2/c1-9(2)12-8-11(3,13)7-10-5-4-6-14-10/h9-10,12-13H,4-8H2,1-3H3. The summed E-state index contributed by atoms with van der Waals surface area (Å²) in [5.41, 5.74) is -0.640. The highest BCUT2D eigenvalue weighted by Crippen LogP contribution is 2.21. The van der Waals surface area contributed by atoms with Crippen molar-refractivity contribution in [1.82, 2.24) is 5.32 Å². The van der Waals surface area contributed by atoms with Crippen molar-refractivity contribution < 1.29 is 9.84 Å². The Morgan fingerprint density at radius 2 is 2.29 bits per heavy atom. The molecule has 1 rings (SSSR count). The third-order valence-corrected chi connectivity index (χ3v) is 2.58. The Bertz CT molecular complexity index is 163. The molecule has 0 aliphatic carbocycles. The maximum absolute atomic E-state index is 10.1. The van der Waals surface area contributed by atoms with Gasteiger partial charge in [-0.25, -0.2) is 0 Å². The van der Waals surface area contributed by atoms with Gasteiger partial charge in [0.25, 0.3) is 0 Å². The van der Waals surface area contributed by atoms with Crippen molar-refractivity contribution >= 4 is 0 Å². The third kappa shape index (κ3) is 4.40. The normalized spacial score (nSPS) is 26.8. The van der Waals surface area contributed by atoms with Crippen molar-refractivity contribution in [3.8, 4) is 0 Å². The predicted molar refractivity (Wildman–Crippen MR) is 57.4 cm³/mol. The molecule has 3 nitrogen and oxygen atoms in total. The Hall–Kier alpha value is -0.120. The predicted octanol–water partition coefficient (Wildman–Crippen LogP) is 1.30. The van der Waals surface area contributed by atoms with Gasteiger partial charge in [0.15, 0.2) is 0 Å². The van der Waals surface area contributed by atoms with Crippen molar-refractivity contribution in [2.45, 2.75) is 57.8 Å². The molecule has 3 heteroatoms. The molecule has 2 unspecified atom stereocenters. The van der Waals surface area contributed by atoms with Gasteiger partial charge in [0.2, 0.25) is 0 Å². The molecule has 0 aromatic carbocycles. The Labute approximate surface area is 86.8 Å². The summed E-state index contributed by atoms with van der Waals surface area (Å²) in [4.78, 5) is 0. The zero-order valence-electron chi connectivity index (χ0n) is 9.55. The monoisotopic (exact) mass is 201 g/mol. The molecular formula is C11H23NO2. The summed E-state index contributed by atoms with van der Waals surface area (Å²) in [7, 11) is 0. The largest absolute Gasteiger partial charge is 0.389 e. The molecule has 84 valence electrons. The number of hydrogen-bond acceptors (Lipinski definition) is 3. The first-order valence-electron chi connectivity index (χ1n) is 5.57. The van der Waals surface area contributed by atoms with E-state index in [0.717, 1.165) is 25.9 Å². The van der Waals surface area contributed by atoms with Crippen LogP contribution in [-0.4, -0.2) is 36.0 Å². The molecule has 0 spiro atoms. The van der Waals surface area contributed by atoms with Gasteiger partial charge in [-0.05, 0) is 19.8 Å². The van der Waals surface area contributed by atoms with Crippen molar-refractivity contribution in [1.29, 1.82) is 0 Å². The van der Waals surface area contributed by atoms with Crippen LogP contribution in [0.25, 0.3) is 0 Å². The molecule has 1 fully saturated rings. The van der Waals surface area contributed by atoms with Crippen LogP contribution < -0.4 is 5.32 Å². The fraction of sp³-hybridized carbons (Fsp3) is 1.00. The number of hydrogen-bond donors (Lipinski definition) is 2. The summed E-state index contributed by atoms with van der Waals surface area (Å²) in [6, 6.07) is 0.422. The van der Waals surface area contributed by atoms with E-state index in [0.29, 0.717) is 12.6 Å². The maximum Gasteiger partial charge on any atom is 0.0768 e. The van der Waals surface area contributed by atoms with Crippen LogP contribution in [0.1, 0.15) is 40.0 Å². The average Bonchev–Trinajstić information content (AvgIpc) is 2.53. The summed E-state index contributed by atoms with van der Waals surface area (Å²) >= 11 is 0. The van der Waals surface area contributed by atoms with Crippen molar-refractivity contribution in [2.24, 2.45) is 0 Å². The van der Waals surface area contributed by atoms with Gasteiger partial charge in [0.05, 0.1) is 11.7 Å². The van der Waals surface area contributed by atoms with Gasteiger partial charge in [-0.15, -0.1) is 0 Å². The first-order valence-corrected chi connectivity index (χ1v) is 5.57. The van der Waals surface area contributed by atoms with Crippen LogP contribution in [0.2, 0.25) is 0 Å². The van der Waals surface area contributed by atoms with E-state index < -0.39 is 5.60 Å². The lowest BCUT2D eigenvalue weighted by Crippen LogP contribution is -2.42. The van der Waals surface area contributed by atoms with Gasteiger partial charge >= 0.3 is 0 Å². The first kappa shape index (κ1) is 12.0. The van der Waals surface area contributed by atoms with Gasteiger partial charge in [-0.1, -0.05) is 13.8 Å². The second kappa shape index (κ2) is 5.10. The van der Waals surface area contributed by atoms with Crippen LogP contribution >= 0.6 is 0 Å². The molecule has 0 radical (unpaired) electrons.